The molecular formula is C16H25FN2. The lowest BCUT2D eigenvalue weighted by molar-refractivity contribution is 0.516. The number of anilines is 1. The highest BCUT2D eigenvalue weighted by atomic mass is 19.1. The second-order valence-electron chi connectivity index (χ2n) is 6.06. The van der Waals surface area contributed by atoms with Crippen LogP contribution in [0.3, 0.4) is 0 Å². The minimum Gasteiger partial charge on any atom is -0.366 e. The highest BCUT2D eigenvalue weighted by Crippen LogP contribution is 2.34. The molecule has 0 radical (unpaired) electrons. The van der Waals surface area contributed by atoms with Crippen LogP contribution in [0.2, 0.25) is 0 Å². The Kier molecular flexibility index (Phi) is 4.46. The quantitative estimate of drug-likeness (QED) is 0.816. The zero-order valence-corrected chi connectivity index (χ0v) is 12.3. The Morgan fingerprint density at radius 1 is 1.32 bits per heavy atom. The Hall–Kier alpha value is -1.09. The summed E-state index contributed by atoms with van der Waals surface area (Å²) in [5.74, 6) is -0.131. The molecule has 0 aromatic heterocycles. The van der Waals surface area contributed by atoms with Crippen molar-refractivity contribution < 1.29 is 4.39 Å². The molecule has 0 bridgehead atoms. The molecule has 1 aromatic carbocycles. The standard InChI is InChI=1S/C16H25FN2/c1-4-7-18-12-13-9-14(17)11-15(10-13)19-8-5-6-16(19,2)3/h9-11,18H,4-8,12H2,1-3H3. The molecule has 1 aromatic rings. The van der Waals surface area contributed by atoms with Crippen molar-refractivity contribution in [2.45, 2.75) is 52.1 Å². The molecule has 1 saturated heterocycles. The fourth-order valence-electron chi connectivity index (χ4n) is 2.89. The second kappa shape index (κ2) is 5.91. The number of halogens is 1. The van der Waals surface area contributed by atoms with E-state index >= 15 is 0 Å². The molecule has 2 rings (SSSR count). The molecule has 0 spiro atoms. The Morgan fingerprint density at radius 3 is 2.74 bits per heavy atom. The van der Waals surface area contributed by atoms with E-state index in [9.17, 15) is 4.39 Å². The Balaban J connectivity index is 2.16. The molecule has 0 unspecified atom stereocenters. The number of hydrogen-bond acceptors (Lipinski definition) is 2. The van der Waals surface area contributed by atoms with Crippen LogP contribution in [0.15, 0.2) is 18.2 Å². The zero-order chi connectivity index (χ0) is 13.9. The van der Waals surface area contributed by atoms with E-state index in [1.165, 1.54) is 12.8 Å². The molecule has 1 aliphatic rings. The average Bonchev–Trinajstić information content (AvgIpc) is 2.68. The molecule has 0 saturated carbocycles. The van der Waals surface area contributed by atoms with E-state index in [1.54, 1.807) is 12.1 Å². The van der Waals surface area contributed by atoms with E-state index in [2.05, 4.69) is 37.1 Å². The largest absolute Gasteiger partial charge is 0.366 e. The molecule has 19 heavy (non-hydrogen) atoms. The molecule has 0 amide bonds. The maximum atomic E-state index is 13.8. The molecule has 0 atom stereocenters. The average molecular weight is 264 g/mol. The molecule has 1 N–H and O–H groups in total. The smallest absolute Gasteiger partial charge is 0.125 e. The van der Waals surface area contributed by atoms with Crippen LogP contribution in [0.5, 0.6) is 0 Å². The molecule has 1 aliphatic heterocycles. The number of hydrogen-bond donors (Lipinski definition) is 1. The summed E-state index contributed by atoms with van der Waals surface area (Å²) in [6.07, 6.45) is 3.46. The van der Waals surface area contributed by atoms with Gasteiger partial charge in [-0.2, -0.15) is 0 Å². The van der Waals surface area contributed by atoms with Crippen LogP contribution in [0.25, 0.3) is 0 Å². The van der Waals surface area contributed by atoms with Crippen molar-refractivity contribution in [2.75, 3.05) is 18.0 Å². The van der Waals surface area contributed by atoms with E-state index in [0.29, 0.717) is 0 Å². The Bertz CT molecular complexity index is 429. The summed E-state index contributed by atoms with van der Waals surface area (Å²) in [4.78, 5) is 2.33. The first-order valence-corrected chi connectivity index (χ1v) is 7.31. The first-order valence-electron chi connectivity index (χ1n) is 7.31. The van der Waals surface area contributed by atoms with Crippen LogP contribution in [0, 0.1) is 5.82 Å². The van der Waals surface area contributed by atoms with Crippen molar-refractivity contribution in [3.8, 4) is 0 Å². The van der Waals surface area contributed by atoms with Crippen LogP contribution in [-0.4, -0.2) is 18.6 Å². The van der Waals surface area contributed by atoms with E-state index in [0.717, 1.165) is 37.3 Å². The van der Waals surface area contributed by atoms with Crippen LogP contribution in [-0.2, 0) is 6.54 Å². The monoisotopic (exact) mass is 264 g/mol. The van der Waals surface area contributed by atoms with E-state index in [4.69, 9.17) is 0 Å². The lowest BCUT2D eigenvalue weighted by Gasteiger charge is -2.34. The van der Waals surface area contributed by atoms with Gasteiger partial charge < -0.3 is 10.2 Å². The number of benzene rings is 1. The summed E-state index contributed by atoms with van der Waals surface area (Å²) in [6, 6.07) is 5.42. The summed E-state index contributed by atoms with van der Waals surface area (Å²) < 4.78 is 13.8. The first kappa shape index (κ1) is 14.3. The van der Waals surface area contributed by atoms with Crippen LogP contribution in [0.1, 0.15) is 45.6 Å². The van der Waals surface area contributed by atoms with E-state index in [1.807, 2.05) is 0 Å². The lowest BCUT2D eigenvalue weighted by atomic mass is 10.0. The minimum absolute atomic E-state index is 0.131. The van der Waals surface area contributed by atoms with Gasteiger partial charge >= 0.3 is 0 Å². The lowest BCUT2D eigenvalue weighted by Crippen LogP contribution is -2.38. The molecule has 2 nitrogen and oxygen atoms in total. The van der Waals surface area contributed by atoms with Crippen molar-refractivity contribution in [1.29, 1.82) is 0 Å². The van der Waals surface area contributed by atoms with Crippen molar-refractivity contribution in [3.05, 3.63) is 29.6 Å². The fourth-order valence-corrected chi connectivity index (χ4v) is 2.89. The van der Waals surface area contributed by atoms with E-state index < -0.39 is 0 Å². The SMILES string of the molecule is CCCNCc1cc(F)cc(N2CCCC2(C)C)c1. The minimum atomic E-state index is -0.131. The molecule has 0 aliphatic carbocycles. The van der Waals surface area contributed by atoms with Crippen molar-refractivity contribution in [2.24, 2.45) is 0 Å². The number of rotatable bonds is 5. The maximum Gasteiger partial charge on any atom is 0.125 e. The van der Waals surface area contributed by atoms with Gasteiger partial charge in [0.25, 0.3) is 0 Å². The van der Waals surface area contributed by atoms with Gasteiger partial charge in [0.2, 0.25) is 0 Å². The summed E-state index contributed by atoms with van der Waals surface area (Å²) in [5.41, 5.74) is 2.20. The predicted octanol–water partition coefficient (Wildman–Crippen LogP) is 3.70. The highest BCUT2D eigenvalue weighted by Gasteiger charge is 2.32. The second-order valence-corrected chi connectivity index (χ2v) is 6.06. The molecular weight excluding hydrogens is 239 g/mol. The van der Waals surface area contributed by atoms with Gasteiger partial charge in [0.1, 0.15) is 5.82 Å². The predicted molar refractivity (Wildman–Crippen MR) is 79.1 cm³/mol. The maximum absolute atomic E-state index is 13.8. The van der Waals surface area contributed by atoms with Crippen LogP contribution < -0.4 is 10.2 Å². The fraction of sp³-hybridized carbons (Fsp3) is 0.625. The van der Waals surface area contributed by atoms with Gasteiger partial charge in [0, 0.05) is 24.3 Å². The van der Waals surface area contributed by atoms with Gasteiger partial charge in [-0.05, 0) is 63.4 Å². The molecule has 1 heterocycles. The first-order chi connectivity index (χ1) is 9.03. The Labute approximate surface area is 116 Å². The normalized spacial score (nSPS) is 18.0. The van der Waals surface area contributed by atoms with Gasteiger partial charge in [-0.15, -0.1) is 0 Å². The van der Waals surface area contributed by atoms with Crippen molar-refractivity contribution in [3.63, 3.8) is 0 Å². The third-order valence-corrected chi connectivity index (χ3v) is 3.91. The molecule has 106 valence electrons. The number of nitrogens with zero attached hydrogens (tertiary/aromatic N) is 1. The van der Waals surface area contributed by atoms with E-state index in [-0.39, 0.29) is 11.4 Å². The zero-order valence-electron chi connectivity index (χ0n) is 12.3. The molecule has 1 fully saturated rings. The third kappa shape index (κ3) is 3.47. The van der Waals surface area contributed by atoms with Gasteiger partial charge in [-0.3, -0.25) is 0 Å². The summed E-state index contributed by atoms with van der Waals surface area (Å²) in [7, 11) is 0. The van der Waals surface area contributed by atoms with Gasteiger partial charge in [-0.25, -0.2) is 4.39 Å². The van der Waals surface area contributed by atoms with Crippen molar-refractivity contribution >= 4 is 5.69 Å². The highest BCUT2D eigenvalue weighted by molar-refractivity contribution is 5.52. The van der Waals surface area contributed by atoms with Crippen LogP contribution in [0.4, 0.5) is 10.1 Å². The van der Waals surface area contributed by atoms with Crippen LogP contribution >= 0.6 is 0 Å². The van der Waals surface area contributed by atoms with Crippen molar-refractivity contribution in [1.82, 2.24) is 5.32 Å². The van der Waals surface area contributed by atoms with Gasteiger partial charge in [0.05, 0.1) is 0 Å². The summed E-state index contributed by atoms with van der Waals surface area (Å²) >= 11 is 0. The molecule has 3 heteroatoms. The van der Waals surface area contributed by atoms with Gasteiger partial charge in [0.15, 0.2) is 0 Å². The summed E-state index contributed by atoms with van der Waals surface area (Å²) in [6.45, 7) is 9.35. The summed E-state index contributed by atoms with van der Waals surface area (Å²) in [5, 5.41) is 3.33. The number of nitrogens with one attached hydrogen (secondary N) is 1. The topological polar surface area (TPSA) is 15.3 Å². The Morgan fingerprint density at radius 2 is 2.11 bits per heavy atom. The third-order valence-electron chi connectivity index (χ3n) is 3.91. The van der Waals surface area contributed by atoms with Gasteiger partial charge in [-0.1, -0.05) is 6.92 Å².